The first-order valence-electron chi connectivity index (χ1n) is 7.65. The monoisotopic (exact) mass is 338 g/mol. The highest BCUT2D eigenvalue weighted by molar-refractivity contribution is 7.90. The molecule has 0 fully saturated rings. The third-order valence-corrected chi connectivity index (χ3v) is 5.68. The Labute approximate surface area is 137 Å². The van der Waals surface area contributed by atoms with Gasteiger partial charge in [-0.3, -0.25) is 9.59 Å². The second-order valence-electron chi connectivity index (χ2n) is 6.12. The second kappa shape index (κ2) is 6.31. The van der Waals surface area contributed by atoms with Crippen LogP contribution in [-0.2, 0) is 14.8 Å². The van der Waals surface area contributed by atoms with Crippen LogP contribution in [0.3, 0.4) is 0 Å². The van der Waals surface area contributed by atoms with Gasteiger partial charge in [-0.25, -0.2) is 12.7 Å². The summed E-state index contributed by atoms with van der Waals surface area (Å²) in [6, 6.07) is 6.15. The summed E-state index contributed by atoms with van der Waals surface area (Å²) in [4.78, 5) is 26.4. The van der Waals surface area contributed by atoms with Crippen LogP contribution < -0.4 is 0 Å². The molecule has 23 heavy (non-hydrogen) atoms. The number of amides is 2. The number of carbonyl (C=O) groups is 2. The maximum Gasteiger partial charge on any atom is 0.269 e. The minimum atomic E-state index is -3.84. The molecule has 0 N–H and O–H groups in total. The number of carbonyl (C=O) groups excluding carboxylic acids is 2. The van der Waals surface area contributed by atoms with Crippen molar-refractivity contribution in [3.8, 4) is 0 Å². The summed E-state index contributed by atoms with van der Waals surface area (Å²) in [5.74, 6) is -0.719. The summed E-state index contributed by atoms with van der Waals surface area (Å²) < 4.78 is 25.6. The average Bonchev–Trinajstić information content (AvgIpc) is 2.64. The molecule has 6 nitrogen and oxygen atoms in total. The summed E-state index contributed by atoms with van der Waals surface area (Å²) >= 11 is 0. The van der Waals surface area contributed by atoms with Crippen molar-refractivity contribution in [2.75, 3.05) is 6.54 Å². The van der Waals surface area contributed by atoms with E-state index >= 15 is 0 Å². The van der Waals surface area contributed by atoms with Crippen molar-refractivity contribution in [1.82, 2.24) is 9.21 Å². The Morgan fingerprint density at radius 3 is 2.22 bits per heavy atom. The minimum Gasteiger partial charge on any atom is -0.338 e. The number of hydrogen-bond acceptors (Lipinski definition) is 4. The molecule has 0 aliphatic carbocycles. The van der Waals surface area contributed by atoms with Crippen LogP contribution in [0.1, 0.15) is 44.5 Å². The smallest absolute Gasteiger partial charge is 0.269 e. The van der Waals surface area contributed by atoms with Gasteiger partial charge in [0.1, 0.15) is 4.90 Å². The van der Waals surface area contributed by atoms with E-state index in [1.54, 1.807) is 17.0 Å². The Hall–Kier alpha value is -1.89. The highest BCUT2D eigenvalue weighted by Gasteiger charge is 2.41. The van der Waals surface area contributed by atoms with Crippen LogP contribution in [0.2, 0.25) is 0 Å². The van der Waals surface area contributed by atoms with Crippen LogP contribution in [0.5, 0.6) is 0 Å². The van der Waals surface area contributed by atoms with Gasteiger partial charge in [0.05, 0.1) is 5.56 Å². The molecular formula is C16H22N2O4S. The van der Waals surface area contributed by atoms with Gasteiger partial charge in [0, 0.05) is 25.0 Å². The molecular weight excluding hydrogens is 316 g/mol. The Balaban J connectivity index is 2.17. The number of benzene rings is 1. The van der Waals surface area contributed by atoms with Gasteiger partial charge in [0.25, 0.3) is 15.9 Å². The Morgan fingerprint density at radius 2 is 1.70 bits per heavy atom. The van der Waals surface area contributed by atoms with E-state index < -0.39 is 15.9 Å². The number of rotatable bonds is 5. The summed E-state index contributed by atoms with van der Waals surface area (Å²) in [5, 5.41) is 0. The molecule has 1 aromatic rings. The first kappa shape index (κ1) is 17.5. The fourth-order valence-electron chi connectivity index (χ4n) is 2.95. The molecule has 2 rings (SSSR count). The zero-order chi connectivity index (χ0) is 17.4. The zero-order valence-electron chi connectivity index (χ0n) is 13.8. The van der Waals surface area contributed by atoms with Gasteiger partial charge in [-0.05, 0) is 39.8 Å². The lowest BCUT2D eigenvalue weighted by Gasteiger charge is -2.31. The van der Waals surface area contributed by atoms with Crippen molar-refractivity contribution in [2.24, 2.45) is 0 Å². The van der Waals surface area contributed by atoms with Gasteiger partial charge < -0.3 is 4.90 Å². The fourth-order valence-corrected chi connectivity index (χ4v) is 4.52. The molecule has 1 heterocycles. The first-order chi connectivity index (χ1) is 10.7. The lowest BCUT2D eigenvalue weighted by molar-refractivity contribution is -0.134. The standard InChI is InChI=1S/C16H22N2O4S/c1-11(2)18(12(3)4)15(19)9-10-17-16(20)13-7-5-6-8-14(13)23(17,21)22/h5-8,11-12H,9-10H2,1-4H3. The van der Waals surface area contributed by atoms with E-state index in [2.05, 4.69) is 0 Å². The van der Waals surface area contributed by atoms with Gasteiger partial charge in [-0.15, -0.1) is 0 Å². The highest BCUT2D eigenvalue weighted by atomic mass is 32.2. The van der Waals surface area contributed by atoms with Crippen molar-refractivity contribution >= 4 is 21.8 Å². The van der Waals surface area contributed by atoms with E-state index in [4.69, 9.17) is 0 Å². The number of fused-ring (bicyclic) bond motifs is 1. The predicted molar refractivity (Wildman–Crippen MR) is 86.4 cm³/mol. The summed E-state index contributed by atoms with van der Waals surface area (Å²) in [5.41, 5.74) is 0.171. The quantitative estimate of drug-likeness (QED) is 0.821. The van der Waals surface area contributed by atoms with Gasteiger partial charge in [-0.2, -0.15) is 0 Å². The van der Waals surface area contributed by atoms with Gasteiger partial charge in [-0.1, -0.05) is 12.1 Å². The predicted octanol–water partition coefficient (Wildman–Crippen LogP) is 1.87. The van der Waals surface area contributed by atoms with E-state index in [0.717, 1.165) is 4.31 Å². The SMILES string of the molecule is CC(C)N(C(=O)CCN1C(=O)c2ccccc2S1(=O)=O)C(C)C. The molecule has 0 bridgehead atoms. The topological polar surface area (TPSA) is 74.8 Å². The lowest BCUT2D eigenvalue weighted by Crippen LogP contribution is -2.43. The Bertz CT molecular complexity index is 717. The molecule has 126 valence electrons. The largest absolute Gasteiger partial charge is 0.338 e. The van der Waals surface area contributed by atoms with Crippen LogP contribution >= 0.6 is 0 Å². The van der Waals surface area contributed by atoms with Crippen LogP contribution in [0.15, 0.2) is 29.2 Å². The minimum absolute atomic E-state index is 0.0158. The molecule has 1 aromatic carbocycles. The third-order valence-electron chi connectivity index (χ3n) is 3.84. The molecule has 0 unspecified atom stereocenters. The normalized spacial score (nSPS) is 16.1. The molecule has 0 spiro atoms. The van der Waals surface area contributed by atoms with Crippen molar-refractivity contribution < 1.29 is 18.0 Å². The van der Waals surface area contributed by atoms with Gasteiger partial charge >= 0.3 is 0 Å². The molecule has 1 aliphatic rings. The zero-order valence-corrected chi connectivity index (χ0v) is 14.6. The van der Waals surface area contributed by atoms with Crippen LogP contribution in [0, 0.1) is 0 Å². The molecule has 2 amide bonds. The van der Waals surface area contributed by atoms with E-state index in [9.17, 15) is 18.0 Å². The maximum atomic E-state index is 12.4. The van der Waals surface area contributed by atoms with Gasteiger partial charge in [0.15, 0.2) is 0 Å². The summed E-state index contributed by atoms with van der Waals surface area (Å²) in [6.45, 7) is 7.50. The molecule has 0 saturated heterocycles. The number of sulfonamides is 1. The van der Waals surface area contributed by atoms with Crippen molar-refractivity contribution in [1.29, 1.82) is 0 Å². The molecule has 7 heteroatoms. The Morgan fingerprint density at radius 1 is 1.13 bits per heavy atom. The van der Waals surface area contributed by atoms with Crippen molar-refractivity contribution in [2.45, 2.75) is 51.1 Å². The van der Waals surface area contributed by atoms with E-state index in [-0.39, 0.29) is 41.4 Å². The maximum absolute atomic E-state index is 12.4. The number of hydrogen-bond donors (Lipinski definition) is 0. The number of nitrogens with zero attached hydrogens (tertiary/aromatic N) is 2. The molecule has 0 aromatic heterocycles. The second-order valence-corrected chi connectivity index (χ2v) is 7.95. The highest BCUT2D eigenvalue weighted by Crippen LogP contribution is 2.30. The molecule has 0 saturated carbocycles. The van der Waals surface area contributed by atoms with E-state index in [1.807, 2.05) is 27.7 Å². The summed E-state index contributed by atoms with van der Waals surface area (Å²) in [7, 11) is -3.84. The Kier molecular flexibility index (Phi) is 4.79. The van der Waals surface area contributed by atoms with Crippen molar-refractivity contribution in [3.63, 3.8) is 0 Å². The van der Waals surface area contributed by atoms with Crippen LogP contribution in [0.25, 0.3) is 0 Å². The summed E-state index contributed by atoms with van der Waals surface area (Å²) in [6.07, 6.45) is -0.0185. The third kappa shape index (κ3) is 3.10. The van der Waals surface area contributed by atoms with Crippen LogP contribution in [0.4, 0.5) is 0 Å². The van der Waals surface area contributed by atoms with E-state index in [1.165, 1.54) is 12.1 Å². The molecule has 0 radical (unpaired) electrons. The fraction of sp³-hybridized carbons (Fsp3) is 0.500. The molecule has 0 atom stereocenters. The van der Waals surface area contributed by atoms with Gasteiger partial charge in [0.2, 0.25) is 5.91 Å². The van der Waals surface area contributed by atoms with Crippen LogP contribution in [-0.4, -0.2) is 48.1 Å². The average molecular weight is 338 g/mol. The van der Waals surface area contributed by atoms with Crippen molar-refractivity contribution in [3.05, 3.63) is 29.8 Å². The first-order valence-corrected chi connectivity index (χ1v) is 9.09. The molecule has 1 aliphatic heterocycles. The van der Waals surface area contributed by atoms with E-state index in [0.29, 0.717) is 0 Å². The lowest BCUT2D eigenvalue weighted by atomic mass is 10.2.